The maximum absolute atomic E-state index is 11.5. The molecule has 0 radical (unpaired) electrons. The molecule has 4 N–H and O–H groups in total. The van der Waals surface area contributed by atoms with Crippen LogP contribution in [0.4, 0.5) is 10.5 Å². The number of carboxylic acids is 1. The number of carbonyl (C=O) groups excluding carboxylic acids is 1. The number of anilines is 1. The van der Waals surface area contributed by atoms with Crippen LogP contribution in [0.3, 0.4) is 0 Å². The van der Waals surface area contributed by atoms with Gasteiger partial charge in [-0.3, -0.25) is 9.48 Å². The van der Waals surface area contributed by atoms with Crippen molar-refractivity contribution in [2.75, 3.05) is 5.32 Å². The number of aliphatic carboxylic acids is 1. The predicted octanol–water partition coefficient (Wildman–Crippen LogP) is 0.0125. The number of aromatic nitrogens is 4. The van der Waals surface area contributed by atoms with Crippen molar-refractivity contribution in [3.8, 4) is 0 Å². The van der Waals surface area contributed by atoms with Crippen LogP contribution in [-0.2, 0) is 17.9 Å². The number of amides is 2. The summed E-state index contributed by atoms with van der Waals surface area (Å²) >= 11 is 0. The van der Waals surface area contributed by atoms with Gasteiger partial charge in [-0.1, -0.05) is 0 Å². The van der Waals surface area contributed by atoms with Crippen molar-refractivity contribution in [2.45, 2.75) is 13.1 Å². The van der Waals surface area contributed by atoms with E-state index in [0.717, 1.165) is 0 Å². The molecule has 2 heterocycles. The van der Waals surface area contributed by atoms with E-state index in [0.29, 0.717) is 11.5 Å². The minimum absolute atomic E-state index is 0.254. The molecule has 0 saturated heterocycles. The lowest BCUT2D eigenvalue weighted by atomic mass is 10.5. The average Bonchev–Trinajstić information content (AvgIpc) is 2.97. The lowest BCUT2D eigenvalue weighted by Crippen LogP contribution is -2.28. The SMILES string of the molecule is O=C(O)Cn1cc(NC(=O)NCc2ncc[nH]2)cn1. The van der Waals surface area contributed by atoms with E-state index < -0.39 is 12.0 Å². The van der Waals surface area contributed by atoms with Gasteiger partial charge in [0.15, 0.2) is 0 Å². The van der Waals surface area contributed by atoms with Crippen molar-refractivity contribution in [2.24, 2.45) is 0 Å². The summed E-state index contributed by atoms with van der Waals surface area (Å²) in [5.41, 5.74) is 0.415. The number of nitrogens with zero attached hydrogens (tertiary/aromatic N) is 3. The Bertz CT molecular complexity index is 562. The van der Waals surface area contributed by atoms with E-state index in [-0.39, 0.29) is 13.1 Å². The van der Waals surface area contributed by atoms with Crippen molar-refractivity contribution in [1.29, 1.82) is 0 Å². The van der Waals surface area contributed by atoms with Gasteiger partial charge in [0.25, 0.3) is 0 Å². The topological polar surface area (TPSA) is 125 Å². The fourth-order valence-corrected chi connectivity index (χ4v) is 1.39. The maximum atomic E-state index is 11.5. The van der Waals surface area contributed by atoms with Gasteiger partial charge in [-0.15, -0.1) is 0 Å². The summed E-state index contributed by atoms with van der Waals surface area (Å²) in [7, 11) is 0. The molecule has 0 aromatic carbocycles. The van der Waals surface area contributed by atoms with Crippen LogP contribution in [0, 0.1) is 0 Å². The summed E-state index contributed by atoms with van der Waals surface area (Å²) in [5.74, 6) is -0.367. The number of rotatable bonds is 5. The predicted molar refractivity (Wildman–Crippen MR) is 64.3 cm³/mol. The number of carboxylic acid groups (broad SMARTS) is 1. The quantitative estimate of drug-likeness (QED) is 0.605. The standard InChI is InChI=1S/C10H12N6O3/c17-9(18)6-16-5-7(3-14-16)15-10(19)13-4-8-11-1-2-12-8/h1-3,5H,4,6H2,(H,11,12)(H,17,18)(H2,13,15,19). The second kappa shape index (κ2) is 5.67. The van der Waals surface area contributed by atoms with Crippen molar-refractivity contribution in [3.05, 3.63) is 30.6 Å². The van der Waals surface area contributed by atoms with Gasteiger partial charge in [0.1, 0.15) is 12.4 Å². The Morgan fingerprint density at radius 2 is 2.32 bits per heavy atom. The van der Waals surface area contributed by atoms with Crippen LogP contribution in [0.5, 0.6) is 0 Å². The molecule has 0 atom stereocenters. The largest absolute Gasteiger partial charge is 0.480 e. The Morgan fingerprint density at radius 1 is 1.47 bits per heavy atom. The van der Waals surface area contributed by atoms with Gasteiger partial charge in [-0.25, -0.2) is 9.78 Å². The highest BCUT2D eigenvalue weighted by Gasteiger charge is 2.06. The average molecular weight is 264 g/mol. The molecule has 100 valence electrons. The first kappa shape index (κ1) is 12.6. The fourth-order valence-electron chi connectivity index (χ4n) is 1.39. The molecule has 0 aliphatic heterocycles. The first-order valence-corrected chi connectivity index (χ1v) is 5.41. The van der Waals surface area contributed by atoms with E-state index in [2.05, 4.69) is 25.7 Å². The number of imidazole rings is 1. The molecular formula is C10H12N6O3. The van der Waals surface area contributed by atoms with Gasteiger partial charge in [0, 0.05) is 18.6 Å². The molecule has 0 spiro atoms. The zero-order valence-corrected chi connectivity index (χ0v) is 9.83. The van der Waals surface area contributed by atoms with E-state index in [9.17, 15) is 9.59 Å². The Labute approximate surface area is 107 Å². The Morgan fingerprint density at radius 3 is 3.00 bits per heavy atom. The lowest BCUT2D eigenvalue weighted by molar-refractivity contribution is -0.137. The van der Waals surface area contributed by atoms with E-state index in [1.165, 1.54) is 17.1 Å². The molecule has 9 heteroatoms. The third-order valence-electron chi connectivity index (χ3n) is 2.16. The Hall–Kier alpha value is -2.84. The summed E-state index contributed by atoms with van der Waals surface area (Å²) in [6, 6.07) is -0.425. The number of nitrogens with one attached hydrogen (secondary N) is 3. The molecule has 2 aromatic heterocycles. The second-order valence-corrected chi connectivity index (χ2v) is 3.66. The van der Waals surface area contributed by atoms with Crippen LogP contribution in [0.25, 0.3) is 0 Å². The summed E-state index contributed by atoms with van der Waals surface area (Å²) in [6.45, 7) is 0.0117. The molecule has 2 amide bonds. The summed E-state index contributed by atoms with van der Waals surface area (Å²) in [4.78, 5) is 28.8. The summed E-state index contributed by atoms with van der Waals surface area (Å²) in [5, 5.41) is 17.5. The second-order valence-electron chi connectivity index (χ2n) is 3.66. The highest BCUT2D eigenvalue weighted by Crippen LogP contribution is 2.04. The molecule has 0 saturated carbocycles. The molecule has 0 aliphatic rings. The van der Waals surface area contributed by atoms with E-state index in [4.69, 9.17) is 5.11 Å². The fraction of sp³-hybridized carbons (Fsp3) is 0.200. The minimum atomic E-state index is -1.00. The molecule has 0 unspecified atom stereocenters. The van der Waals surface area contributed by atoms with E-state index in [1.54, 1.807) is 12.4 Å². The first-order valence-electron chi connectivity index (χ1n) is 5.41. The van der Waals surface area contributed by atoms with Gasteiger partial charge in [0.2, 0.25) is 0 Å². The number of hydrogen-bond acceptors (Lipinski definition) is 4. The van der Waals surface area contributed by atoms with Crippen molar-refractivity contribution in [1.82, 2.24) is 25.1 Å². The van der Waals surface area contributed by atoms with Gasteiger partial charge in [-0.2, -0.15) is 5.10 Å². The smallest absolute Gasteiger partial charge is 0.325 e. The van der Waals surface area contributed by atoms with Crippen molar-refractivity contribution < 1.29 is 14.7 Å². The van der Waals surface area contributed by atoms with Crippen molar-refractivity contribution >= 4 is 17.7 Å². The molecule has 19 heavy (non-hydrogen) atoms. The van der Waals surface area contributed by atoms with E-state index >= 15 is 0 Å². The lowest BCUT2D eigenvalue weighted by Gasteiger charge is -2.03. The first-order chi connectivity index (χ1) is 9.13. The monoisotopic (exact) mass is 264 g/mol. The van der Waals surface area contributed by atoms with E-state index in [1.807, 2.05) is 0 Å². The molecule has 0 aliphatic carbocycles. The van der Waals surface area contributed by atoms with Gasteiger partial charge >= 0.3 is 12.0 Å². The zero-order valence-electron chi connectivity index (χ0n) is 9.83. The highest BCUT2D eigenvalue weighted by atomic mass is 16.4. The molecule has 9 nitrogen and oxygen atoms in total. The Kier molecular flexibility index (Phi) is 3.76. The van der Waals surface area contributed by atoms with Crippen LogP contribution in [0.2, 0.25) is 0 Å². The van der Waals surface area contributed by atoms with Gasteiger partial charge in [0.05, 0.1) is 18.4 Å². The number of urea groups is 1. The maximum Gasteiger partial charge on any atom is 0.325 e. The minimum Gasteiger partial charge on any atom is -0.480 e. The molecular weight excluding hydrogens is 252 g/mol. The van der Waals surface area contributed by atoms with Crippen LogP contribution in [-0.4, -0.2) is 36.9 Å². The summed E-state index contributed by atoms with van der Waals surface area (Å²) < 4.78 is 1.21. The Balaban J connectivity index is 1.81. The highest BCUT2D eigenvalue weighted by molar-refractivity contribution is 5.88. The molecule has 2 rings (SSSR count). The normalized spacial score (nSPS) is 10.1. The van der Waals surface area contributed by atoms with Gasteiger partial charge < -0.3 is 20.7 Å². The number of carbonyl (C=O) groups is 2. The van der Waals surface area contributed by atoms with Crippen LogP contribution < -0.4 is 10.6 Å². The van der Waals surface area contributed by atoms with Gasteiger partial charge in [-0.05, 0) is 0 Å². The number of aromatic amines is 1. The summed E-state index contributed by atoms with van der Waals surface area (Å²) in [6.07, 6.45) is 6.05. The van der Waals surface area contributed by atoms with Crippen molar-refractivity contribution in [3.63, 3.8) is 0 Å². The molecule has 0 fully saturated rings. The van der Waals surface area contributed by atoms with Crippen LogP contribution in [0.15, 0.2) is 24.8 Å². The third-order valence-corrected chi connectivity index (χ3v) is 2.16. The van der Waals surface area contributed by atoms with Crippen LogP contribution >= 0.6 is 0 Å². The van der Waals surface area contributed by atoms with Crippen LogP contribution in [0.1, 0.15) is 5.82 Å². The number of H-pyrrole nitrogens is 1. The number of hydrogen-bond donors (Lipinski definition) is 4. The molecule has 0 bridgehead atoms. The molecule has 2 aromatic rings. The zero-order chi connectivity index (χ0) is 13.7. The third kappa shape index (κ3) is 3.84.